The summed E-state index contributed by atoms with van der Waals surface area (Å²) < 4.78 is 102. The number of hydrogen-bond donors (Lipinski definition) is 2. The van der Waals surface area contributed by atoms with Crippen LogP contribution in [-0.2, 0) is 39.7 Å². The number of sulfonamides is 2. The van der Waals surface area contributed by atoms with Gasteiger partial charge in [-0.2, -0.15) is 17.2 Å². The normalized spacial score (nSPS) is 13.9. The lowest BCUT2D eigenvalue weighted by atomic mass is 10.5. The number of nitrogens with one attached hydrogen (secondary N) is 1. The van der Waals surface area contributed by atoms with E-state index in [9.17, 15) is 38.8 Å². The summed E-state index contributed by atoms with van der Waals surface area (Å²) in [6.45, 7) is -0.936. The van der Waals surface area contributed by atoms with Crippen molar-refractivity contribution in [3.8, 4) is 0 Å². The molecular weight excluding hydrogens is 364 g/mol. The third kappa shape index (κ3) is 7.07. The Bertz CT molecular complexity index is 694. The van der Waals surface area contributed by atoms with Gasteiger partial charge in [-0.25, -0.2) is 21.6 Å². The van der Waals surface area contributed by atoms with E-state index in [0.29, 0.717) is 6.26 Å². The molecule has 21 heavy (non-hydrogen) atoms. The molecule has 2 N–H and O–H groups in total. The Morgan fingerprint density at radius 3 is 2.05 bits per heavy atom. The van der Waals surface area contributed by atoms with E-state index in [4.69, 9.17) is 4.55 Å². The largest absolute Gasteiger partial charge is 0.465 e. The van der Waals surface area contributed by atoms with Crippen LogP contribution < -0.4 is 4.13 Å². The van der Waals surface area contributed by atoms with Crippen LogP contribution in [0.1, 0.15) is 6.42 Å². The van der Waals surface area contributed by atoms with Crippen molar-refractivity contribution < 1.29 is 48.1 Å². The Labute approximate surface area is 119 Å². The Morgan fingerprint density at radius 2 is 1.67 bits per heavy atom. The molecule has 0 fully saturated rings. The first kappa shape index (κ1) is 20.1. The highest BCUT2D eigenvalue weighted by Crippen LogP contribution is 2.22. The lowest BCUT2D eigenvalue weighted by molar-refractivity contribution is -0.161. The highest BCUT2D eigenvalue weighted by molar-refractivity contribution is 8.04. The minimum absolute atomic E-state index is 0.567. The summed E-state index contributed by atoms with van der Waals surface area (Å²) >= 11 is 0. The zero-order valence-corrected chi connectivity index (χ0v) is 12.8. The minimum atomic E-state index is -6.01. The van der Waals surface area contributed by atoms with Crippen LogP contribution in [0.15, 0.2) is 0 Å². The van der Waals surface area contributed by atoms with E-state index in [-0.39, 0.29) is 0 Å². The maximum absolute atomic E-state index is 12.7. The van der Waals surface area contributed by atoms with Gasteiger partial charge in [-0.3, -0.25) is 4.55 Å². The molecule has 0 radical (unpaired) electrons. The van der Waals surface area contributed by atoms with Crippen LogP contribution in [0.4, 0.5) is 8.78 Å². The third-order valence-corrected chi connectivity index (χ3v) is 5.50. The minimum Gasteiger partial charge on any atom is -0.460 e. The summed E-state index contributed by atoms with van der Waals surface area (Å²) in [5, 5.41) is -5.18. The third-order valence-electron chi connectivity index (χ3n) is 1.63. The molecule has 0 aromatic rings. The van der Waals surface area contributed by atoms with Crippen LogP contribution in [0.5, 0.6) is 0 Å². The number of esters is 1. The molecule has 0 heterocycles. The number of hydrogen-bond acceptors (Lipinski definition) is 8. The van der Waals surface area contributed by atoms with Crippen molar-refractivity contribution in [1.29, 1.82) is 0 Å². The van der Waals surface area contributed by atoms with Gasteiger partial charge in [-0.05, 0) is 6.42 Å². The van der Waals surface area contributed by atoms with Gasteiger partial charge in [0.15, 0.2) is 0 Å². The van der Waals surface area contributed by atoms with Crippen LogP contribution in [0, 0.1) is 0 Å². The molecule has 0 aliphatic carbocycles. The molecule has 0 aromatic carbocycles. The summed E-state index contributed by atoms with van der Waals surface area (Å²) in [6, 6.07) is 0. The molecule has 0 spiro atoms. The van der Waals surface area contributed by atoms with Gasteiger partial charge < -0.3 is 4.74 Å². The van der Waals surface area contributed by atoms with E-state index >= 15 is 0 Å². The van der Waals surface area contributed by atoms with Gasteiger partial charge >= 0.3 is 21.3 Å². The van der Waals surface area contributed by atoms with Crippen molar-refractivity contribution in [3.05, 3.63) is 0 Å². The lowest BCUT2D eigenvalue weighted by Crippen LogP contribution is -2.39. The molecule has 0 aromatic heterocycles. The SMILES string of the molecule is CS(=O)(=O)NS(=O)(=O)CCCOC(=O)C(F)(F)S(=O)(=O)O. The molecule has 126 valence electrons. The summed E-state index contributed by atoms with van der Waals surface area (Å²) in [5.41, 5.74) is 0. The summed E-state index contributed by atoms with van der Waals surface area (Å²) in [5.74, 6) is -3.47. The fraction of sp³-hybridized carbons (Fsp3) is 0.833. The number of carbonyl (C=O) groups excluding carboxylic acids is 1. The molecule has 10 nitrogen and oxygen atoms in total. The first-order valence-electron chi connectivity index (χ1n) is 4.82. The maximum atomic E-state index is 12.7. The maximum Gasteiger partial charge on any atom is 0.465 e. The fourth-order valence-corrected chi connectivity index (χ4v) is 3.82. The van der Waals surface area contributed by atoms with E-state index in [1.807, 2.05) is 0 Å². The first-order valence-corrected chi connectivity index (χ1v) is 9.80. The molecule has 0 saturated carbocycles. The molecule has 0 unspecified atom stereocenters. The van der Waals surface area contributed by atoms with Gasteiger partial charge in [0.05, 0.1) is 18.6 Å². The second-order valence-corrected chi connectivity index (χ2v) is 8.97. The van der Waals surface area contributed by atoms with Gasteiger partial charge in [-0.15, -0.1) is 4.13 Å². The first-order chi connectivity index (χ1) is 9.08. The second-order valence-electron chi connectivity index (χ2n) is 3.66. The molecule has 0 rings (SSSR count). The summed E-state index contributed by atoms with van der Waals surface area (Å²) in [7, 11) is -14.4. The second kappa shape index (κ2) is 6.47. The smallest absolute Gasteiger partial charge is 0.460 e. The topological polar surface area (TPSA) is 161 Å². The number of alkyl halides is 2. The van der Waals surface area contributed by atoms with Crippen molar-refractivity contribution in [2.75, 3.05) is 18.6 Å². The van der Waals surface area contributed by atoms with E-state index < -0.39 is 60.2 Å². The number of halogens is 2. The fourth-order valence-electron chi connectivity index (χ4n) is 0.875. The zero-order valence-electron chi connectivity index (χ0n) is 10.3. The number of rotatable bonds is 8. The van der Waals surface area contributed by atoms with Crippen LogP contribution >= 0.6 is 0 Å². The Morgan fingerprint density at radius 1 is 1.19 bits per heavy atom. The molecular formula is C6H11F2NO9S3. The predicted molar refractivity (Wildman–Crippen MR) is 63.8 cm³/mol. The van der Waals surface area contributed by atoms with Gasteiger partial charge in [0, 0.05) is 0 Å². The molecule has 15 heteroatoms. The summed E-state index contributed by atoms with van der Waals surface area (Å²) in [4.78, 5) is 10.7. The number of ether oxygens (including phenoxy) is 1. The van der Waals surface area contributed by atoms with E-state index in [1.54, 1.807) is 0 Å². The van der Waals surface area contributed by atoms with E-state index in [0.717, 1.165) is 0 Å². The number of carbonyl (C=O) groups is 1. The quantitative estimate of drug-likeness (QED) is 0.285. The highest BCUT2D eigenvalue weighted by atomic mass is 32.3. The van der Waals surface area contributed by atoms with Gasteiger partial charge in [0.2, 0.25) is 20.0 Å². The van der Waals surface area contributed by atoms with Crippen molar-refractivity contribution in [3.63, 3.8) is 0 Å². The van der Waals surface area contributed by atoms with Crippen LogP contribution in [0.3, 0.4) is 0 Å². The average molecular weight is 375 g/mol. The van der Waals surface area contributed by atoms with E-state index in [2.05, 4.69) is 4.74 Å². The van der Waals surface area contributed by atoms with Crippen molar-refractivity contribution in [1.82, 2.24) is 4.13 Å². The van der Waals surface area contributed by atoms with Crippen LogP contribution in [0.25, 0.3) is 0 Å². The molecule has 0 aliphatic rings. The Kier molecular flexibility index (Phi) is 6.19. The standard InChI is InChI=1S/C6H11F2NO9S3/c1-19(11,12)9-20(13,14)4-2-3-18-5(10)6(7,8)21(15,16)17/h9H,2-4H2,1H3,(H,15,16,17). The predicted octanol–water partition coefficient (Wildman–Crippen LogP) is -1.72. The summed E-state index contributed by atoms with van der Waals surface area (Å²) in [6.07, 6.45) is -0.0185. The monoisotopic (exact) mass is 375 g/mol. The zero-order chi connectivity index (χ0) is 17.1. The molecule has 0 atom stereocenters. The van der Waals surface area contributed by atoms with Gasteiger partial charge in [0.25, 0.3) is 0 Å². The highest BCUT2D eigenvalue weighted by Gasteiger charge is 2.54. The Hall–Kier alpha value is -0.900. The van der Waals surface area contributed by atoms with Crippen molar-refractivity contribution >= 4 is 36.1 Å². The van der Waals surface area contributed by atoms with Gasteiger partial charge in [0.1, 0.15) is 0 Å². The Balaban J connectivity index is 4.46. The van der Waals surface area contributed by atoms with Crippen LogP contribution in [0.2, 0.25) is 0 Å². The van der Waals surface area contributed by atoms with Crippen molar-refractivity contribution in [2.24, 2.45) is 0 Å². The molecule has 0 amide bonds. The molecule has 0 aliphatic heterocycles. The van der Waals surface area contributed by atoms with E-state index in [1.165, 1.54) is 4.13 Å². The van der Waals surface area contributed by atoms with Crippen LogP contribution in [-0.4, -0.2) is 59.6 Å². The van der Waals surface area contributed by atoms with Gasteiger partial charge in [-0.1, -0.05) is 0 Å². The average Bonchev–Trinajstić information content (AvgIpc) is 2.18. The van der Waals surface area contributed by atoms with Crippen molar-refractivity contribution in [2.45, 2.75) is 11.7 Å². The molecule has 0 bridgehead atoms. The lowest BCUT2D eigenvalue weighted by Gasteiger charge is -2.11. The molecule has 0 saturated heterocycles.